The van der Waals surface area contributed by atoms with Gasteiger partial charge in [0.1, 0.15) is 0 Å². The van der Waals surface area contributed by atoms with Crippen LogP contribution >= 0.6 is 11.8 Å². The molecule has 0 bridgehead atoms. The smallest absolute Gasteiger partial charge is 0.293 e. The van der Waals surface area contributed by atoms with Crippen molar-refractivity contribution in [1.29, 1.82) is 0 Å². The van der Waals surface area contributed by atoms with E-state index in [4.69, 9.17) is 4.52 Å². The lowest BCUT2D eigenvalue weighted by Crippen LogP contribution is -2.40. The predicted octanol–water partition coefficient (Wildman–Crippen LogP) is 6.86. The zero-order valence-corrected chi connectivity index (χ0v) is 19.7. The Morgan fingerprint density at radius 1 is 1.14 bits per heavy atom. The van der Waals surface area contributed by atoms with E-state index < -0.39 is 0 Å². The first kappa shape index (κ1) is 22.7. The summed E-state index contributed by atoms with van der Waals surface area (Å²) in [7, 11) is 1.95. The normalized spacial score (nSPS) is 21.1. The summed E-state index contributed by atoms with van der Waals surface area (Å²) < 4.78 is 5.57. The van der Waals surface area contributed by atoms with Gasteiger partial charge >= 0.3 is 0 Å². The van der Waals surface area contributed by atoms with Crippen LogP contribution in [-0.2, 0) is 0 Å². The topological polar surface area (TPSA) is 46.3 Å². The largest absolute Gasteiger partial charge is 0.350 e. The van der Waals surface area contributed by atoms with Crippen LogP contribution in [0.25, 0.3) is 0 Å². The number of hydrogen-bond donors (Lipinski definition) is 0. The molecule has 1 aromatic rings. The molecule has 1 unspecified atom stereocenters. The molecule has 1 aromatic heterocycles. The molecule has 2 aliphatic carbocycles. The highest BCUT2D eigenvalue weighted by atomic mass is 32.2. The molecule has 1 amide bonds. The number of thioether (sulfide) groups is 1. The summed E-state index contributed by atoms with van der Waals surface area (Å²) in [6, 6.07) is 0.215. The van der Waals surface area contributed by atoms with Crippen molar-refractivity contribution in [3.05, 3.63) is 11.5 Å². The number of carbonyl (C=O) groups is 1. The molecule has 0 aromatic carbocycles. The van der Waals surface area contributed by atoms with Crippen molar-refractivity contribution in [2.75, 3.05) is 7.05 Å². The van der Waals surface area contributed by atoms with Crippen LogP contribution in [-0.4, -0.2) is 34.3 Å². The van der Waals surface area contributed by atoms with Crippen LogP contribution in [0.1, 0.15) is 107 Å². The third-order valence-electron chi connectivity index (χ3n) is 7.34. The molecule has 0 N–H and O–H groups in total. The first-order valence-electron chi connectivity index (χ1n) is 11.9. The van der Waals surface area contributed by atoms with E-state index in [-0.39, 0.29) is 11.9 Å². The molecule has 1 heterocycles. The number of carbonyl (C=O) groups excluding carboxylic acids is 1. The average Bonchev–Trinajstić information content (AvgIpc) is 3.12. The Balaban J connectivity index is 1.66. The number of aromatic nitrogens is 1. The second-order valence-electron chi connectivity index (χ2n) is 9.37. The van der Waals surface area contributed by atoms with Gasteiger partial charge in [0.2, 0.25) is 5.76 Å². The molecule has 2 fully saturated rings. The second-order valence-corrected chi connectivity index (χ2v) is 10.7. The fourth-order valence-corrected chi connectivity index (χ4v) is 6.54. The molecule has 29 heavy (non-hydrogen) atoms. The van der Waals surface area contributed by atoms with Gasteiger partial charge < -0.3 is 9.42 Å². The van der Waals surface area contributed by atoms with Crippen molar-refractivity contribution in [1.82, 2.24) is 10.1 Å². The van der Waals surface area contributed by atoms with Gasteiger partial charge in [0.25, 0.3) is 5.91 Å². The van der Waals surface area contributed by atoms with Crippen LogP contribution < -0.4 is 0 Å². The molecule has 2 aliphatic rings. The molecule has 5 heteroatoms. The monoisotopic (exact) mass is 420 g/mol. The third-order valence-corrected chi connectivity index (χ3v) is 8.86. The standard InChI is InChI=1S/C24H40N2O2S/c1-5-20(16-19-12-8-6-9-13-19)18(3)26(4)24(27)22-23(17(2)25-28-22)29-21-14-10-7-11-15-21/h18-21H,5-16H2,1-4H3/t18?,20-/m0/s1. The molecular weight excluding hydrogens is 380 g/mol. The molecule has 0 radical (unpaired) electrons. The van der Waals surface area contributed by atoms with E-state index in [2.05, 4.69) is 19.0 Å². The van der Waals surface area contributed by atoms with Crippen LogP contribution in [0.15, 0.2) is 9.42 Å². The van der Waals surface area contributed by atoms with E-state index in [1.165, 1.54) is 70.6 Å². The Morgan fingerprint density at radius 3 is 2.38 bits per heavy atom. The summed E-state index contributed by atoms with van der Waals surface area (Å²) in [6.45, 7) is 6.45. The summed E-state index contributed by atoms with van der Waals surface area (Å²) in [4.78, 5) is 16.2. The molecule has 3 rings (SSSR count). The van der Waals surface area contributed by atoms with Gasteiger partial charge in [-0.3, -0.25) is 4.79 Å². The second kappa shape index (κ2) is 10.9. The Labute approximate surface area is 181 Å². The van der Waals surface area contributed by atoms with Crippen molar-refractivity contribution in [2.45, 2.75) is 114 Å². The number of rotatable bonds is 8. The lowest BCUT2D eigenvalue weighted by molar-refractivity contribution is 0.0619. The highest BCUT2D eigenvalue weighted by Gasteiger charge is 2.32. The Kier molecular flexibility index (Phi) is 8.52. The summed E-state index contributed by atoms with van der Waals surface area (Å²) in [6.07, 6.45) is 15.6. The van der Waals surface area contributed by atoms with Gasteiger partial charge in [-0.15, -0.1) is 11.8 Å². The lowest BCUT2D eigenvalue weighted by atomic mass is 9.79. The van der Waals surface area contributed by atoms with Crippen molar-refractivity contribution in [2.24, 2.45) is 11.8 Å². The fourth-order valence-electron chi connectivity index (χ4n) is 5.20. The highest BCUT2D eigenvalue weighted by molar-refractivity contribution is 8.00. The summed E-state index contributed by atoms with van der Waals surface area (Å²) in [5.41, 5.74) is 0.860. The van der Waals surface area contributed by atoms with Gasteiger partial charge in [-0.1, -0.05) is 69.9 Å². The SMILES string of the molecule is CC[C@@H](CC1CCCCC1)C(C)N(C)C(=O)c1onc(C)c1SC1CCCCC1. The number of hydrogen-bond acceptors (Lipinski definition) is 4. The summed E-state index contributed by atoms with van der Waals surface area (Å²) in [5, 5.41) is 4.75. The summed E-state index contributed by atoms with van der Waals surface area (Å²) >= 11 is 1.82. The van der Waals surface area contributed by atoms with Crippen molar-refractivity contribution in [3.63, 3.8) is 0 Å². The number of nitrogens with zero attached hydrogens (tertiary/aromatic N) is 2. The van der Waals surface area contributed by atoms with Gasteiger partial charge in [-0.2, -0.15) is 0 Å². The lowest BCUT2D eigenvalue weighted by Gasteiger charge is -2.34. The van der Waals surface area contributed by atoms with Crippen molar-refractivity contribution in [3.8, 4) is 0 Å². The maximum Gasteiger partial charge on any atom is 0.293 e. The molecule has 2 saturated carbocycles. The van der Waals surface area contributed by atoms with E-state index in [1.807, 2.05) is 30.6 Å². The van der Waals surface area contributed by atoms with E-state index in [1.54, 1.807) is 0 Å². The first-order chi connectivity index (χ1) is 14.0. The highest BCUT2D eigenvalue weighted by Crippen LogP contribution is 2.38. The van der Waals surface area contributed by atoms with Gasteiger partial charge in [-0.25, -0.2) is 0 Å². The summed E-state index contributed by atoms with van der Waals surface area (Å²) in [5.74, 6) is 1.84. The Morgan fingerprint density at radius 2 is 1.76 bits per heavy atom. The minimum Gasteiger partial charge on any atom is -0.350 e. The molecule has 0 spiro atoms. The van der Waals surface area contributed by atoms with Crippen molar-refractivity contribution < 1.29 is 9.32 Å². The van der Waals surface area contributed by atoms with Gasteiger partial charge in [0, 0.05) is 18.3 Å². The van der Waals surface area contributed by atoms with Gasteiger partial charge in [0.15, 0.2) is 0 Å². The van der Waals surface area contributed by atoms with Crippen LogP contribution in [0, 0.1) is 18.8 Å². The zero-order valence-electron chi connectivity index (χ0n) is 18.9. The van der Waals surface area contributed by atoms with Crippen LogP contribution in [0.3, 0.4) is 0 Å². The molecule has 164 valence electrons. The van der Waals surface area contributed by atoms with E-state index in [0.717, 1.165) is 22.9 Å². The molecule has 2 atom stereocenters. The minimum atomic E-state index is -0.00139. The molecule has 4 nitrogen and oxygen atoms in total. The van der Waals surface area contributed by atoms with E-state index in [0.29, 0.717) is 16.9 Å². The van der Waals surface area contributed by atoms with E-state index in [9.17, 15) is 4.79 Å². The number of amides is 1. The van der Waals surface area contributed by atoms with Crippen LogP contribution in [0.4, 0.5) is 0 Å². The number of aryl methyl sites for hydroxylation is 1. The quantitative estimate of drug-likeness (QED) is 0.460. The third kappa shape index (κ3) is 5.80. The van der Waals surface area contributed by atoms with Gasteiger partial charge in [0.05, 0.1) is 10.6 Å². The Hall–Kier alpha value is -0.970. The molecule has 0 aliphatic heterocycles. The first-order valence-corrected chi connectivity index (χ1v) is 12.8. The predicted molar refractivity (Wildman–Crippen MR) is 120 cm³/mol. The van der Waals surface area contributed by atoms with E-state index >= 15 is 0 Å². The van der Waals surface area contributed by atoms with Gasteiger partial charge in [-0.05, 0) is 44.9 Å². The zero-order chi connectivity index (χ0) is 20.8. The minimum absolute atomic E-state index is 0.00139. The maximum absolute atomic E-state index is 13.4. The Bertz CT molecular complexity index is 647. The maximum atomic E-state index is 13.4. The van der Waals surface area contributed by atoms with Crippen LogP contribution in [0.5, 0.6) is 0 Å². The average molecular weight is 421 g/mol. The van der Waals surface area contributed by atoms with Crippen molar-refractivity contribution >= 4 is 17.7 Å². The van der Waals surface area contributed by atoms with Crippen LogP contribution in [0.2, 0.25) is 0 Å². The fraction of sp³-hybridized carbons (Fsp3) is 0.833. The molecule has 0 saturated heterocycles. The molecular formula is C24H40N2O2S.